The van der Waals surface area contributed by atoms with Crippen LogP contribution in [-0.2, 0) is 4.74 Å². The molecule has 1 unspecified atom stereocenters. The van der Waals surface area contributed by atoms with Crippen LogP contribution in [-0.4, -0.2) is 26.1 Å². The highest BCUT2D eigenvalue weighted by Gasteiger charge is 2.28. The van der Waals surface area contributed by atoms with Crippen LogP contribution in [0.2, 0.25) is 0 Å². The number of Topliss-reactive ketones (excluding diaryl/α,β-unsaturated/α-hetero) is 1. The Morgan fingerprint density at radius 1 is 0.926 bits per heavy atom. The van der Waals surface area contributed by atoms with E-state index in [1.807, 2.05) is 74.5 Å². The number of methoxy groups -OCH3 is 1. The first-order valence-electron chi connectivity index (χ1n) is 9.14. The molecule has 27 heavy (non-hydrogen) atoms. The lowest BCUT2D eigenvalue weighted by Crippen LogP contribution is -2.17. The minimum atomic E-state index is -0.717. The number of carbonyl (C=O) groups excluding carboxylic acids is 1. The van der Waals surface area contributed by atoms with Gasteiger partial charge in [0.05, 0.1) is 18.8 Å². The van der Waals surface area contributed by atoms with Crippen molar-refractivity contribution in [3.8, 4) is 11.5 Å². The zero-order valence-electron chi connectivity index (χ0n) is 15.9. The zero-order valence-corrected chi connectivity index (χ0v) is 15.9. The summed E-state index contributed by atoms with van der Waals surface area (Å²) in [6, 6.07) is 19.2. The molecular formula is C23H24O4. The normalized spacial score (nSPS) is 12.0. The average molecular weight is 364 g/mol. The molecule has 3 aromatic carbocycles. The van der Waals surface area contributed by atoms with Gasteiger partial charge in [0.15, 0.2) is 11.5 Å². The largest absolute Gasteiger partial charge is 0.490 e. The first-order valence-corrected chi connectivity index (χ1v) is 9.14. The molecule has 3 aromatic rings. The number of hydrogen-bond acceptors (Lipinski definition) is 4. The van der Waals surface area contributed by atoms with E-state index in [0.29, 0.717) is 30.3 Å². The maximum absolute atomic E-state index is 13.6. The van der Waals surface area contributed by atoms with Crippen LogP contribution in [0, 0.1) is 0 Å². The van der Waals surface area contributed by atoms with Crippen LogP contribution < -0.4 is 9.47 Å². The lowest BCUT2D eigenvalue weighted by atomic mass is 9.94. The van der Waals surface area contributed by atoms with Crippen molar-refractivity contribution in [3.05, 3.63) is 71.8 Å². The molecule has 0 aliphatic carbocycles. The van der Waals surface area contributed by atoms with Crippen molar-refractivity contribution in [2.24, 2.45) is 0 Å². The number of carbonyl (C=O) groups is 1. The average Bonchev–Trinajstić information content (AvgIpc) is 2.70. The summed E-state index contributed by atoms with van der Waals surface area (Å²) in [5.41, 5.74) is 1.30. The lowest BCUT2D eigenvalue weighted by Gasteiger charge is -2.21. The number of ketones is 1. The minimum Gasteiger partial charge on any atom is -0.490 e. The molecule has 0 amide bonds. The van der Waals surface area contributed by atoms with Crippen LogP contribution in [0.25, 0.3) is 10.8 Å². The van der Waals surface area contributed by atoms with E-state index in [1.165, 1.54) is 0 Å². The van der Waals surface area contributed by atoms with Crippen LogP contribution in [0.4, 0.5) is 0 Å². The first kappa shape index (κ1) is 18.9. The van der Waals surface area contributed by atoms with E-state index in [-0.39, 0.29) is 5.78 Å². The molecule has 0 aliphatic rings. The van der Waals surface area contributed by atoms with Crippen LogP contribution in [0.3, 0.4) is 0 Å². The van der Waals surface area contributed by atoms with Crippen molar-refractivity contribution in [1.82, 2.24) is 0 Å². The molecule has 0 bridgehead atoms. The highest BCUT2D eigenvalue weighted by molar-refractivity contribution is 6.13. The Morgan fingerprint density at radius 2 is 1.59 bits per heavy atom. The van der Waals surface area contributed by atoms with E-state index >= 15 is 0 Å². The molecule has 4 nitrogen and oxygen atoms in total. The fourth-order valence-electron chi connectivity index (χ4n) is 3.25. The van der Waals surface area contributed by atoms with Gasteiger partial charge >= 0.3 is 0 Å². The number of benzene rings is 3. The van der Waals surface area contributed by atoms with Crippen LogP contribution >= 0.6 is 0 Å². The van der Waals surface area contributed by atoms with Gasteiger partial charge in [-0.15, -0.1) is 0 Å². The SMILES string of the molecule is CCOc1cc2ccccc2c(C(=O)C(OC)c2ccccc2)c1OCC. The van der Waals surface area contributed by atoms with Gasteiger partial charge < -0.3 is 14.2 Å². The highest BCUT2D eigenvalue weighted by Crippen LogP contribution is 2.40. The van der Waals surface area contributed by atoms with Gasteiger partial charge in [0, 0.05) is 7.11 Å². The smallest absolute Gasteiger partial charge is 0.200 e. The Balaban J connectivity index is 2.23. The van der Waals surface area contributed by atoms with E-state index in [1.54, 1.807) is 7.11 Å². The Bertz CT molecular complexity index is 918. The summed E-state index contributed by atoms with van der Waals surface area (Å²) >= 11 is 0. The van der Waals surface area contributed by atoms with E-state index in [9.17, 15) is 4.79 Å². The fourth-order valence-corrected chi connectivity index (χ4v) is 3.25. The standard InChI is InChI=1S/C23H24O4/c1-4-26-19-15-17-13-9-10-14-18(17)20(23(19)27-5-2)21(24)22(25-3)16-11-7-6-8-12-16/h6-15,22H,4-5H2,1-3H3. The summed E-state index contributed by atoms with van der Waals surface area (Å²) < 4.78 is 17.3. The number of fused-ring (bicyclic) bond motifs is 1. The summed E-state index contributed by atoms with van der Waals surface area (Å²) in [7, 11) is 1.55. The molecule has 4 heteroatoms. The molecule has 0 spiro atoms. The monoisotopic (exact) mass is 364 g/mol. The zero-order chi connectivity index (χ0) is 19.2. The fraction of sp³-hybridized carbons (Fsp3) is 0.261. The Hall–Kier alpha value is -2.85. The maximum Gasteiger partial charge on any atom is 0.200 e. The molecule has 0 radical (unpaired) electrons. The van der Waals surface area contributed by atoms with Gasteiger partial charge in [0.2, 0.25) is 5.78 Å². The van der Waals surface area contributed by atoms with Gasteiger partial charge in [0.1, 0.15) is 6.10 Å². The van der Waals surface area contributed by atoms with E-state index in [4.69, 9.17) is 14.2 Å². The van der Waals surface area contributed by atoms with Gasteiger partial charge in [0.25, 0.3) is 0 Å². The molecule has 140 valence electrons. The third kappa shape index (κ3) is 3.81. The summed E-state index contributed by atoms with van der Waals surface area (Å²) in [5.74, 6) is 0.898. The van der Waals surface area contributed by atoms with Gasteiger partial charge in [-0.3, -0.25) is 4.79 Å². The summed E-state index contributed by atoms with van der Waals surface area (Å²) in [5, 5.41) is 1.75. The second-order valence-electron chi connectivity index (χ2n) is 6.06. The number of ether oxygens (including phenoxy) is 3. The second kappa shape index (κ2) is 8.69. The molecule has 0 heterocycles. The predicted molar refractivity (Wildman–Crippen MR) is 107 cm³/mol. The molecular weight excluding hydrogens is 340 g/mol. The molecule has 0 fully saturated rings. The Labute approximate surface area is 159 Å². The summed E-state index contributed by atoms with van der Waals surface area (Å²) in [6.45, 7) is 4.72. The van der Waals surface area contributed by atoms with Crippen molar-refractivity contribution in [1.29, 1.82) is 0 Å². The maximum atomic E-state index is 13.6. The lowest BCUT2D eigenvalue weighted by molar-refractivity contribution is 0.0602. The third-order valence-electron chi connectivity index (χ3n) is 4.38. The molecule has 0 aromatic heterocycles. The van der Waals surface area contributed by atoms with Crippen molar-refractivity contribution in [3.63, 3.8) is 0 Å². The second-order valence-corrected chi connectivity index (χ2v) is 6.06. The highest BCUT2D eigenvalue weighted by atomic mass is 16.5. The summed E-state index contributed by atoms with van der Waals surface area (Å²) in [4.78, 5) is 13.6. The van der Waals surface area contributed by atoms with E-state index in [0.717, 1.165) is 16.3 Å². The topological polar surface area (TPSA) is 44.8 Å². The molecule has 3 rings (SSSR count). The van der Waals surface area contributed by atoms with Crippen molar-refractivity contribution < 1.29 is 19.0 Å². The number of rotatable bonds is 8. The predicted octanol–water partition coefficient (Wildman–Crippen LogP) is 5.21. The molecule has 1 atom stereocenters. The molecule has 0 aliphatic heterocycles. The minimum absolute atomic E-state index is 0.148. The van der Waals surface area contributed by atoms with Gasteiger partial charge in [-0.1, -0.05) is 54.6 Å². The molecule has 0 saturated carbocycles. The molecule has 0 N–H and O–H groups in total. The van der Waals surface area contributed by atoms with Crippen LogP contribution in [0.5, 0.6) is 11.5 Å². The van der Waals surface area contributed by atoms with Crippen LogP contribution in [0.15, 0.2) is 60.7 Å². The quantitative estimate of drug-likeness (QED) is 0.515. The van der Waals surface area contributed by atoms with E-state index < -0.39 is 6.10 Å². The summed E-state index contributed by atoms with van der Waals surface area (Å²) in [6.07, 6.45) is -0.717. The van der Waals surface area contributed by atoms with Crippen molar-refractivity contribution in [2.45, 2.75) is 20.0 Å². The molecule has 0 saturated heterocycles. The van der Waals surface area contributed by atoms with Gasteiger partial charge in [-0.25, -0.2) is 0 Å². The third-order valence-corrected chi connectivity index (χ3v) is 4.38. The van der Waals surface area contributed by atoms with Crippen molar-refractivity contribution >= 4 is 16.6 Å². The Kier molecular flexibility index (Phi) is 6.09. The first-order chi connectivity index (χ1) is 13.2. The van der Waals surface area contributed by atoms with E-state index in [2.05, 4.69) is 0 Å². The van der Waals surface area contributed by atoms with Gasteiger partial charge in [-0.05, 0) is 36.2 Å². The van der Waals surface area contributed by atoms with Crippen LogP contribution in [0.1, 0.15) is 35.9 Å². The Morgan fingerprint density at radius 3 is 2.26 bits per heavy atom. The van der Waals surface area contributed by atoms with Gasteiger partial charge in [-0.2, -0.15) is 0 Å². The van der Waals surface area contributed by atoms with Crippen molar-refractivity contribution in [2.75, 3.05) is 20.3 Å². The number of hydrogen-bond donors (Lipinski definition) is 0.